The first kappa shape index (κ1) is 18.5. The number of likely N-dealkylation sites (N-methyl/N-ethyl adjacent to an activating group) is 1. The van der Waals surface area contributed by atoms with E-state index in [0.717, 1.165) is 0 Å². The van der Waals surface area contributed by atoms with Gasteiger partial charge in [-0.3, -0.25) is 9.59 Å². The van der Waals surface area contributed by atoms with E-state index in [1.54, 1.807) is 13.8 Å². The Morgan fingerprint density at radius 1 is 1.25 bits per heavy atom. The highest BCUT2D eigenvalue weighted by molar-refractivity contribution is 6.09. The maximum atomic E-state index is 12.2. The molecule has 6 N–H and O–H groups in total. The SMILES string of the molecule is CNC(=O)[C@](N)(CCCCN)C(=O)N[C@H](C=O)C(C)C. The van der Waals surface area contributed by atoms with Crippen molar-refractivity contribution in [3.63, 3.8) is 0 Å². The van der Waals surface area contributed by atoms with Crippen LogP contribution in [-0.2, 0) is 14.4 Å². The Balaban J connectivity index is 4.97. The highest BCUT2D eigenvalue weighted by atomic mass is 16.2. The molecule has 0 aliphatic heterocycles. The summed E-state index contributed by atoms with van der Waals surface area (Å²) in [6, 6.07) is -0.662. The lowest BCUT2D eigenvalue weighted by Crippen LogP contribution is -2.64. The molecule has 20 heavy (non-hydrogen) atoms. The molecule has 0 aromatic carbocycles. The van der Waals surface area contributed by atoms with Crippen molar-refractivity contribution < 1.29 is 14.4 Å². The molecule has 116 valence electrons. The molecule has 2 amide bonds. The molecule has 0 heterocycles. The van der Waals surface area contributed by atoms with Gasteiger partial charge < -0.3 is 26.9 Å². The molecular weight excluding hydrogens is 260 g/mol. The zero-order valence-electron chi connectivity index (χ0n) is 12.4. The minimum Gasteiger partial charge on any atom is -0.357 e. The van der Waals surface area contributed by atoms with E-state index in [4.69, 9.17) is 11.5 Å². The summed E-state index contributed by atoms with van der Waals surface area (Å²) in [6.07, 6.45) is 2.05. The second-order valence-electron chi connectivity index (χ2n) is 5.18. The topological polar surface area (TPSA) is 127 Å². The van der Waals surface area contributed by atoms with E-state index >= 15 is 0 Å². The molecule has 0 saturated carbocycles. The van der Waals surface area contributed by atoms with Crippen LogP contribution in [-0.4, -0.2) is 43.3 Å². The molecule has 0 unspecified atom stereocenters. The minimum atomic E-state index is -1.68. The van der Waals surface area contributed by atoms with Gasteiger partial charge in [-0.15, -0.1) is 0 Å². The second kappa shape index (κ2) is 8.65. The van der Waals surface area contributed by atoms with Crippen LogP contribution < -0.4 is 22.1 Å². The lowest BCUT2D eigenvalue weighted by molar-refractivity contribution is -0.138. The highest BCUT2D eigenvalue weighted by Crippen LogP contribution is 2.13. The molecule has 0 saturated heterocycles. The molecule has 2 atom stereocenters. The summed E-state index contributed by atoms with van der Waals surface area (Å²) in [5.41, 5.74) is 9.67. The Morgan fingerprint density at radius 2 is 1.85 bits per heavy atom. The van der Waals surface area contributed by atoms with Crippen molar-refractivity contribution in [2.24, 2.45) is 17.4 Å². The molecule has 0 aromatic rings. The van der Waals surface area contributed by atoms with E-state index in [1.165, 1.54) is 7.05 Å². The predicted octanol–water partition coefficient (Wildman–Crippen LogP) is -1.10. The third-order valence-corrected chi connectivity index (χ3v) is 3.23. The number of aldehydes is 1. The largest absolute Gasteiger partial charge is 0.357 e. The fraction of sp³-hybridized carbons (Fsp3) is 0.769. The lowest BCUT2D eigenvalue weighted by atomic mass is 9.90. The summed E-state index contributed by atoms with van der Waals surface area (Å²) < 4.78 is 0. The molecule has 0 aliphatic rings. The van der Waals surface area contributed by atoms with Gasteiger partial charge in [0.25, 0.3) is 0 Å². The number of hydrogen-bond donors (Lipinski definition) is 4. The van der Waals surface area contributed by atoms with Crippen LogP contribution in [0.4, 0.5) is 0 Å². The maximum absolute atomic E-state index is 12.2. The fourth-order valence-corrected chi connectivity index (χ4v) is 1.74. The summed E-state index contributed by atoms with van der Waals surface area (Å²) in [5, 5.41) is 4.91. The average Bonchev–Trinajstić information content (AvgIpc) is 2.42. The molecule has 0 radical (unpaired) electrons. The third kappa shape index (κ3) is 4.90. The predicted molar refractivity (Wildman–Crippen MR) is 76.7 cm³/mol. The maximum Gasteiger partial charge on any atom is 0.250 e. The molecule has 0 rings (SSSR count). The van der Waals surface area contributed by atoms with Gasteiger partial charge in [0.05, 0.1) is 6.04 Å². The van der Waals surface area contributed by atoms with Crippen molar-refractivity contribution in [1.29, 1.82) is 0 Å². The van der Waals surface area contributed by atoms with Gasteiger partial charge in [-0.1, -0.05) is 13.8 Å². The monoisotopic (exact) mass is 286 g/mol. The molecule has 0 aliphatic carbocycles. The van der Waals surface area contributed by atoms with Crippen LogP contribution in [0.3, 0.4) is 0 Å². The molecule has 0 spiro atoms. The van der Waals surface area contributed by atoms with Crippen molar-refractivity contribution >= 4 is 18.1 Å². The molecular formula is C13H26N4O3. The van der Waals surface area contributed by atoms with Gasteiger partial charge in [0.2, 0.25) is 11.8 Å². The Morgan fingerprint density at radius 3 is 2.25 bits per heavy atom. The van der Waals surface area contributed by atoms with E-state index in [-0.39, 0.29) is 12.3 Å². The smallest absolute Gasteiger partial charge is 0.250 e. The zero-order chi connectivity index (χ0) is 15.8. The van der Waals surface area contributed by atoms with E-state index in [2.05, 4.69) is 10.6 Å². The summed E-state index contributed by atoms with van der Waals surface area (Å²) in [6.45, 7) is 4.06. The summed E-state index contributed by atoms with van der Waals surface area (Å²) in [5.74, 6) is -1.28. The summed E-state index contributed by atoms with van der Waals surface area (Å²) >= 11 is 0. The van der Waals surface area contributed by atoms with Crippen molar-refractivity contribution in [1.82, 2.24) is 10.6 Å². The van der Waals surface area contributed by atoms with E-state index in [9.17, 15) is 14.4 Å². The van der Waals surface area contributed by atoms with Crippen molar-refractivity contribution in [3.8, 4) is 0 Å². The van der Waals surface area contributed by atoms with E-state index < -0.39 is 23.4 Å². The number of carbonyl (C=O) groups is 3. The highest BCUT2D eigenvalue weighted by Gasteiger charge is 2.41. The second-order valence-corrected chi connectivity index (χ2v) is 5.18. The standard InChI is InChI=1S/C13H26N4O3/c1-9(2)10(8-18)17-12(20)13(15,11(19)16-3)6-4-5-7-14/h8-10H,4-7,14-15H2,1-3H3,(H,16,19)(H,17,20)/t10-,13-/m1/s1. The van der Waals surface area contributed by atoms with Crippen LogP contribution in [0, 0.1) is 5.92 Å². The van der Waals surface area contributed by atoms with Crippen molar-refractivity contribution in [3.05, 3.63) is 0 Å². The van der Waals surface area contributed by atoms with Crippen molar-refractivity contribution in [2.75, 3.05) is 13.6 Å². The fourth-order valence-electron chi connectivity index (χ4n) is 1.74. The first-order valence-electron chi connectivity index (χ1n) is 6.80. The molecule has 0 bridgehead atoms. The van der Waals surface area contributed by atoms with E-state index in [0.29, 0.717) is 25.7 Å². The van der Waals surface area contributed by atoms with Crippen LogP contribution in [0.5, 0.6) is 0 Å². The van der Waals surface area contributed by atoms with Gasteiger partial charge in [0, 0.05) is 7.05 Å². The van der Waals surface area contributed by atoms with Crippen LogP contribution in [0.2, 0.25) is 0 Å². The first-order chi connectivity index (χ1) is 9.33. The van der Waals surface area contributed by atoms with Gasteiger partial charge >= 0.3 is 0 Å². The number of nitrogens with two attached hydrogens (primary N) is 2. The van der Waals surface area contributed by atoms with Crippen LogP contribution >= 0.6 is 0 Å². The average molecular weight is 286 g/mol. The van der Waals surface area contributed by atoms with Gasteiger partial charge in [-0.25, -0.2) is 0 Å². The minimum absolute atomic E-state index is 0.0746. The van der Waals surface area contributed by atoms with Crippen LogP contribution in [0.15, 0.2) is 0 Å². The number of amides is 2. The molecule has 0 fully saturated rings. The normalized spacial score (nSPS) is 15.3. The third-order valence-electron chi connectivity index (χ3n) is 3.23. The Bertz CT molecular complexity index is 347. The Hall–Kier alpha value is -1.47. The number of hydrogen-bond acceptors (Lipinski definition) is 5. The molecule has 0 aromatic heterocycles. The first-order valence-corrected chi connectivity index (χ1v) is 6.80. The van der Waals surface area contributed by atoms with Gasteiger partial charge in [-0.2, -0.15) is 0 Å². The van der Waals surface area contributed by atoms with Gasteiger partial charge in [0.15, 0.2) is 5.54 Å². The summed E-state index contributed by atoms with van der Waals surface area (Å²) in [7, 11) is 1.42. The van der Waals surface area contributed by atoms with Crippen molar-refractivity contribution in [2.45, 2.75) is 44.7 Å². The molecule has 7 nitrogen and oxygen atoms in total. The number of unbranched alkanes of at least 4 members (excludes halogenated alkanes) is 1. The number of rotatable bonds is 9. The zero-order valence-corrected chi connectivity index (χ0v) is 12.4. The van der Waals surface area contributed by atoms with Gasteiger partial charge in [-0.05, 0) is 31.7 Å². The molecule has 7 heteroatoms. The van der Waals surface area contributed by atoms with Crippen LogP contribution in [0.1, 0.15) is 33.1 Å². The Kier molecular flexibility index (Phi) is 8.02. The van der Waals surface area contributed by atoms with Crippen LogP contribution in [0.25, 0.3) is 0 Å². The Labute approximate surface area is 119 Å². The van der Waals surface area contributed by atoms with E-state index in [1.807, 2.05) is 0 Å². The quantitative estimate of drug-likeness (QED) is 0.243. The number of carbonyl (C=O) groups excluding carboxylic acids is 3. The van der Waals surface area contributed by atoms with Gasteiger partial charge in [0.1, 0.15) is 6.29 Å². The summed E-state index contributed by atoms with van der Waals surface area (Å²) in [4.78, 5) is 35.1. The number of nitrogens with one attached hydrogen (secondary N) is 2. The lowest BCUT2D eigenvalue weighted by Gasteiger charge is -2.28.